The molecule has 8 nitrogen and oxygen atoms in total. The van der Waals surface area contributed by atoms with Gasteiger partial charge in [-0.3, -0.25) is 19.4 Å². The van der Waals surface area contributed by atoms with E-state index in [0.29, 0.717) is 22.7 Å². The molecular weight excluding hydrogens is 518 g/mol. The fourth-order valence-corrected chi connectivity index (χ4v) is 5.31. The highest BCUT2D eigenvalue weighted by atomic mass is 35.5. The highest BCUT2D eigenvalue weighted by Gasteiger charge is 2.25. The summed E-state index contributed by atoms with van der Waals surface area (Å²) in [4.78, 5) is 22.3. The summed E-state index contributed by atoms with van der Waals surface area (Å²) in [6, 6.07) is 15.2. The maximum absolute atomic E-state index is 13.2. The Labute approximate surface area is 227 Å². The molecule has 0 radical (unpaired) electrons. The molecule has 0 saturated heterocycles. The molecule has 0 fully saturated rings. The minimum atomic E-state index is -1.87. The molecule has 10 heteroatoms. The second-order valence-electron chi connectivity index (χ2n) is 9.96. The molecule has 3 aromatic heterocycles. The monoisotopic (exact) mass is 547 g/mol. The van der Waals surface area contributed by atoms with E-state index >= 15 is 0 Å². The first-order valence-corrected chi connectivity index (χ1v) is 16.2. The lowest BCUT2D eigenvalue weighted by Gasteiger charge is -2.28. The van der Waals surface area contributed by atoms with Crippen LogP contribution in [0.15, 0.2) is 71.9 Å². The summed E-state index contributed by atoms with van der Waals surface area (Å²) < 4.78 is 15.6. The van der Waals surface area contributed by atoms with E-state index in [2.05, 4.69) is 34.7 Å². The molecule has 196 valence electrons. The van der Waals surface area contributed by atoms with Crippen LogP contribution in [0, 0.1) is 6.92 Å². The van der Waals surface area contributed by atoms with E-state index in [-0.39, 0.29) is 5.56 Å². The summed E-state index contributed by atoms with van der Waals surface area (Å²) in [5, 5.41) is 4.41. The van der Waals surface area contributed by atoms with E-state index in [9.17, 15) is 4.79 Å². The largest absolute Gasteiger partial charge is 0.377 e. The van der Waals surface area contributed by atoms with Gasteiger partial charge >= 0.3 is 0 Å². The van der Waals surface area contributed by atoms with Gasteiger partial charge in [0.05, 0.1) is 16.6 Å². The van der Waals surface area contributed by atoms with Crippen molar-refractivity contribution >= 4 is 30.8 Å². The number of halogens is 1. The third-order valence-corrected chi connectivity index (χ3v) is 7.26. The SMILES string of the molecule is CCOC(O[Si](C)(C)C)n1ccnc1-c1ccc(-c2c(C)ncc3c(=O)n(-c4ccc(Cl)cc4)[nH]c23)cc1. The number of hydrogen-bond donors (Lipinski definition) is 1. The van der Waals surface area contributed by atoms with Crippen molar-refractivity contribution in [3.05, 3.63) is 88.2 Å². The van der Waals surface area contributed by atoms with Crippen LogP contribution in [0.3, 0.4) is 0 Å². The molecular formula is C28H30ClN5O3Si. The Kier molecular flexibility index (Phi) is 7.11. The Morgan fingerprint density at radius 1 is 1.03 bits per heavy atom. The maximum atomic E-state index is 13.2. The van der Waals surface area contributed by atoms with E-state index in [1.165, 1.54) is 4.68 Å². The van der Waals surface area contributed by atoms with Crippen LogP contribution in [0.1, 0.15) is 19.0 Å². The minimum Gasteiger partial charge on any atom is -0.377 e. The van der Waals surface area contributed by atoms with Crippen molar-refractivity contribution in [1.82, 2.24) is 24.3 Å². The van der Waals surface area contributed by atoms with Crippen LogP contribution in [-0.2, 0) is 9.16 Å². The minimum absolute atomic E-state index is 0.168. The number of fused-ring (bicyclic) bond motifs is 1. The zero-order valence-corrected chi connectivity index (χ0v) is 23.8. The smallest absolute Gasteiger partial charge is 0.280 e. The fourth-order valence-electron chi connectivity index (χ4n) is 4.40. The van der Waals surface area contributed by atoms with Crippen molar-refractivity contribution in [2.24, 2.45) is 0 Å². The summed E-state index contributed by atoms with van der Waals surface area (Å²) in [7, 11) is -1.87. The number of aromatic amines is 1. The lowest BCUT2D eigenvalue weighted by molar-refractivity contribution is -0.134. The molecule has 3 heterocycles. The topological polar surface area (TPSA) is 87.0 Å². The second kappa shape index (κ2) is 10.3. The van der Waals surface area contributed by atoms with E-state index in [1.807, 2.05) is 48.9 Å². The van der Waals surface area contributed by atoms with Crippen LogP contribution in [0.25, 0.3) is 39.1 Å². The first-order valence-electron chi connectivity index (χ1n) is 12.5. The van der Waals surface area contributed by atoms with Gasteiger partial charge in [0, 0.05) is 47.0 Å². The van der Waals surface area contributed by atoms with Gasteiger partial charge in [0.25, 0.3) is 5.56 Å². The molecule has 1 atom stereocenters. The van der Waals surface area contributed by atoms with Crippen molar-refractivity contribution in [3.63, 3.8) is 0 Å². The number of benzene rings is 2. The van der Waals surface area contributed by atoms with Gasteiger partial charge in [-0.25, -0.2) is 9.67 Å². The second-order valence-corrected chi connectivity index (χ2v) is 14.9. The fraction of sp³-hybridized carbons (Fsp3) is 0.250. The number of H-pyrrole nitrogens is 1. The molecule has 2 aromatic carbocycles. The predicted octanol–water partition coefficient (Wildman–Crippen LogP) is 6.55. The third kappa shape index (κ3) is 5.10. The molecule has 0 aliphatic heterocycles. The molecule has 0 spiro atoms. The Hall–Kier alpha value is -3.50. The summed E-state index contributed by atoms with van der Waals surface area (Å²) in [5.41, 5.74) is 4.81. The number of nitrogens with one attached hydrogen (secondary N) is 1. The molecule has 0 amide bonds. The zero-order valence-electron chi connectivity index (χ0n) is 22.0. The van der Waals surface area contributed by atoms with Crippen molar-refractivity contribution in [2.45, 2.75) is 39.9 Å². The van der Waals surface area contributed by atoms with E-state index in [1.54, 1.807) is 36.7 Å². The van der Waals surface area contributed by atoms with Gasteiger partial charge in [0.1, 0.15) is 5.82 Å². The number of imidazole rings is 1. The van der Waals surface area contributed by atoms with Crippen molar-refractivity contribution in [3.8, 4) is 28.2 Å². The van der Waals surface area contributed by atoms with Gasteiger partial charge < -0.3 is 9.16 Å². The molecule has 5 rings (SSSR count). The molecule has 5 aromatic rings. The van der Waals surface area contributed by atoms with Crippen molar-refractivity contribution in [2.75, 3.05) is 6.61 Å². The van der Waals surface area contributed by atoms with Gasteiger partial charge in [0.15, 0.2) is 8.32 Å². The zero-order chi connectivity index (χ0) is 27.0. The molecule has 0 aliphatic carbocycles. The van der Waals surface area contributed by atoms with Crippen LogP contribution in [0.2, 0.25) is 24.7 Å². The molecule has 1 N–H and O–H groups in total. The molecule has 0 saturated carbocycles. The Balaban J connectivity index is 1.54. The Morgan fingerprint density at radius 2 is 1.71 bits per heavy atom. The predicted molar refractivity (Wildman–Crippen MR) is 153 cm³/mol. The van der Waals surface area contributed by atoms with Crippen molar-refractivity contribution in [1.29, 1.82) is 0 Å². The maximum Gasteiger partial charge on any atom is 0.280 e. The number of pyridine rings is 1. The van der Waals surface area contributed by atoms with Gasteiger partial charge in [-0.05, 0) is 63.3 Å². The van der Waals surface area contributed by atoms with Gasteiger partial charge in [-0.1, -0.05) is 35.9 Å². The highest BCUT2D eigenvalue weighted by Crippen LogP contribution is 2.32. The summed E-state index contributed by atoms with van der Waals surface area (Å²) >= 11 is 6.04. The van der Waals surface area contributed by atoms with Gasteiger partial charge in [-0.2, -0.15) is 0 Å². The number of ether oxygens (including phenoxy) is 1. The van der Waals surface area contributed by atoms with E-state index in [4.69, 9.17) is 20.8 Å². The third-order valence-electron chi connectivity index (χ3n) is 6.10. The Bertz CT molecular complexity index is 1630. The average molecular weight is 548 g/mol. The molecule has 1 unspecified atom stereocenters. The van der Waals surface area contributed by atoms with Crippen LogP contribution >= 0.6 is 11.6 Å². The van der Waals surface area contributed by atoms with Crippen LogP contribution in [0.4, 0.5) is 0 Å². The standard InChI is InChI=1S/C28H30ClN5O3Si/c1-6-36-28(37-38(3,4)5)33-16-15-30-26(33)20-9-7-19(8-10-20)24-18(2)31-17-23-25(24)32-34(27(23)35)22-13-11-21(29)12-14-22/h7-17,28,32H,6H2,1-5H3. The molecule has 38 heavy (non-hydrogen) atoms. The van der Waals surface area contributed by atoms with Crippen LogP contribution in [0.5, 0.6) is 0 Å². The molecule has 0 bridgehead atoms. The van der Waals surface area contributed by atoms with Crippen LogP contribution < -0.4 is 5.56 Å². The number of aromatic nitrogens is 5. The quantitative estimate of drug-likeness (QED) is 0.176. The van der Waals surface area contributed by atoms with Crippen LogP contribution in [-0.4, -0.2) is 39.2 Å². The highest BCUT2D eigenvalue weighted by molar-refractivity contribution is 6.69. The van der Waals surface area contributed by atoms with Gasteiger partial charge in [0.2, 0.25) is 6.41 Å². The summed E-state index contributed by atoms with van der Waals surface area (Å²) in [5.74, 6) is 0.753. The lowest BCUT2D eigenvalue weighted by Crippen LogP contribution is -2.32. The van der Waals surface area contributed by atoms with Gasteiger partial charge in [-0.15, -0.1) is 0 Å². The normalized spacial score (nSPS) is 12.8. The number of rotatable bonds is 8. The summed E-state index contributed by atoms with van der Waals surface area (Å²) in [6.07, 6.45) is 4.71. The average Bonchev–Trinajstić information content (AvgIpc) is 3.49. The Morgan fingerprint density at radius 3 is 2.37 bits per heavy atom. The first kappa shape index (κ1) is 26.1. The summed E-state index contributed by atoms with van der Waals surface area (Å²) in [6.45, 7) is 10.8. The van der Waals surface area contributed by atoms with E-state index in [0.717, 1.165) is 33.7 Å². The molecule has 0 aliphatic rings. The lowest BCUT2D eigenvalue weighted by atomic mass is 10.0. The number of hydrogen-bond acceptors (Lipinski definition) is 5. The van der Waals surface area contributed by atoms with E-state index < -0.39 is 14.7 Å². The first-order chi connectivity index (χ1) is 18.2. The van der Waals surface area contributed by atoms with Crippen molar-refractivity contribution < 1.29 is 9.16 Å². The number of aryl methyl sites for hydroxylation is 1. The number of nitrogens with zero attached hydrogens (tertiary/aromatic N) is 4.